The Morgan fingerprint density at radius 2 is 1.86 bits per heavy atom. The Bertz CT molecular complexity index is 849. The average molecular weight is 377 g/mol. The summed E-state index contributed by atoms with van der Waals surface area (Å²) in [6, 6.07) is 19.3. The maximum Gasteiger partial charge on any atom is 0.0636 e. The largest absolute Gasteiger partial charge is 0.396 e. The minimum absolute atomic E-state index is 0.232. The van der Waals surface area contributed by atoms with E-state index in [1.165, 1.54) is 11.3 Å². The van der Waals surface area contributed by atoms with Crippen molar-refractivity contribution in [3.05, 3.63) is 84.4 Å². The average Bonchev–Trinajstić information content (AvgIpc) is 3.20. The first-order valence-electron chi connectivity index (χ1n) is 10.0. The Hall–Kier alpha value is -2.47. The summed E-state index contributed by atoms with van der Waals surface area (Å²) in [5.41, 5.74) is 3.70. The summed E-state index contributed by atoms with van der Waals surface area (Å²) >= 11 is 0. The molecule has 1 fully saturated rings. The van der Waals surface area contributed by atoms with E-state index in [0.717, 1.165) is 44.8 Å². The fourth-order valence-corrected chi connectivity index (χ4v) is 4.07. The van der Waals surface area contributed by atoms with Gasteiger partial charge in [-0.1, -0.05) is 30.3 Å². The molecule has 3 aromatic rings. The maximum atomic E-state index is 9.58. The van der Waals surface area contributed by atoms with Gasteiger partial charge in [-0.15, -0.1) is 0 Å². The summed E-state index contributed by atoms with van der Waals surface area (Å²) < 4.78 is 2.21. The van der Waals surface area contributed by atoms with Gasteiger partial charge in [0.15, 0.2) is 0 Å². The molecule has 28 heavy (non-hydrogen) atoms. The quantitative estimate of drug-likeness (QED) is 0.689. The highest BCUT2D eigenvalue weighted by Gasteiger charge is 2.27. The third kappa shape index (κ3) is 4.50. The fourth-order valence-electron chi connectivity index (χ4n) is 4.07. The smallest absolute Gasteiger partial charge is 0.0636 e. The summed E-state index contributed by atoms with van der Waals surface area (Å²) in [6.45, 7) is 5.12. The Kier molecular flexibility index (Phi) is 6.17. The molecule has 5 heteroatoms. The lowest BCUT2D eigenvalue weighted by molar-refractivity contribution is 0.0492. The molecule has 0 unspecified atom stereocenters. The Morgan fingerprint density at radius 3 is 2.64 bits per heavy atom. The molecule has 1 N–H and O–H groups in total. The topological polar surface area (TPSA) is 44.5 Å². The zero-order valence-corrected chi connectivity index (χ0v) is 16.2. The lowest BCUT2D eigenvalue weighted by atomic mass is 10.1. The van der Waals surface area contributed by atoms with Crippen LogP contribution in [0.5, 0.6) is 0 Å². The minimum Gasteiger partial charge on any atom is -0.396 e. The number of nitrogens with zero attached hydrogens (tertiary/aromatic N) is 4. The maximum absolute atomic E-state index is 9.58. The molecular weight excluding hydrogens is 348 g/mol. The molecule has 0 bridgehead atoms. The molecular formula is C23H28N4O. The van der Waals surface area contributed by atoms with Crippen LogP contribution in [0.1, 0.15) is 17.7 Å². The number of aliphatic hydroxyl groups excluding tert-OH is 1. The monoisotopic (exact) mass is 376 g/mol. The van der Waals surface area contributed by atoms with Crippen molar-refractivity contribution in [1.29, 1.82) is 0 Å². The van der Waals surface area contributed by atoms with Crippen LogP contribution in [0.25, 0.3) is 5.69 Å². The van der Waals surface area contributed by atoms with Crippen LogP contribution in [-0.4, -0.2) is 56.7 Å². The molecule has 0 aliphatic carbocycles. The molecule has 1 aliphatic heterocycles. The van der Waals surface area contributed by atoms with Gasteiger partial charge in [-0.2, -0.15) is 0 Å². The van der Waals surface area contributed by atoms with Gasteiger partial charge < -0.3 is 9.67 Å². The van der Waals surface area contributed by atoms with E-state index in [1.807, 2.05) is 12.3 Å². The second-order valence-electron chi connectivity index (χ2n) is 7.44. The molecule has 0 spiro atoms. The van der Waals surface area contributed by atoms with Gasteiger partial charge >= 0.3 is 0 Å². The van der Waals surface area contributed by atoms with Crippen molar-refractivity contribution < 1.29 is 5.11 Å². The van der Waals surface area contributed by atoms with Crippen LogP contribution in [0.3, 0.4) is 0 Å². The van der Waals surface area contributed by atoms with E-state index in [4.69, 9.17) is 0 Å². The molecule has 0 amide bonds. The molecule has 1 saturated heterocycles. The molecule has 4 rings (SSSR count). The number of rotatable bonds is 7. The molecule has 0 radical (unpaired) electrons. The number of aromatic nitrogens is 2. The van der Waals surface area contributed by atoms with Gasteiger partial charge in [0.25, 0.3) is 0 Å². The van der Waals surface area contributed by atoms with Crippen molar-refractivity contribution >= 4 is 0 Å². The summed E-state index contributed by atoms with van der Waals surface area (Å²) in [7, 11) is 0. The van der Waals surface area contributed by atoms with Crippen LogP contribution in [0.4, 0.5) is 0 Å². The standard InChI is InChI=1S/C23H28N4O/c28-15-10-22-18-25(13-14-26(22)17-20-6-2-1-3-7-20)19-23-9-5-12-27(23)21-8-4-11-24-16-21/h1-9,11-12,16,22,28H,10,13-15,17-19H2/t22-/m1/s1. The van der Waals surface area contributed by atoms with Gasteiger partial charge in [0.1, 0.15) is 0 Å². The molecule has 0 saturated carbocycles. The summed E-state index contributed by atoms with van der Waals surface area (Å²) in [5.74, 6) is 0. The highest BCUT2D eigenvalue weighted by molar-refractivity contribution is 5.32. The van der Waals surface area contributed by atoms with E-state index >= 15 is 0 Å². The summed E-state index contributed by atoms with van der Waals surface area (Å²) in [4.78, 5) is 9.27. The molecule has 3 heterocycles. The SMILES string of the molecule is OCC[C@@H]1CN(Cc2cccn2-c2cccnc2)CCN1Cc1ccccc1. The van der Waals surface area contributed by atoms with Crippen LogP contribution in [0.15, 0.2) is 73.2 Å². The highest BCUT2D eigenvalue weighted by Crippen LogP contribution is 2.20. The normalized spacial score (nSPS) is 18.4. The van der Waals surface area contributed by atoms with E-state index in [9.17, 15) is 5.11 Å². The van der Waals surface area contributed by atoms with Crippen molar-refractivity contribution in [2.75, 3.05) is 26.2 Å². The van der Waals surface area contributed by atoms with Crippen molar-refractivity contribution in [3.8, 4) is 5.69 Å². The van der Waals surface area contributed by atoms with E-state index in [2.05, 4.69) is 74.1 Å². The van der Waals surface area contributed by atoms with Crippen LogP contribution < -0.4 is 0 Å². The van der Waals surface area contributed by atoms with Crippen molar-refractivity contribution in [2.24, 2.45) is 0 Å². The Morgan fingerprint density at radius 1 is 0.964 bits per heavy atom. The molecule has 2 aromatic heterocycles. The molecule has 5 nitrogen and oxygen atoms in total. The Balaban J connectivity index is 1.43. The molecule has 146 valence electrons. The lowest BCUT2D eigenvalue weighted by Gasteiger charge is -2.41. The second-order valence-corrected chi connectivity index (χ2v) is 7.44. The van der Waals surface area contributed by atoms with Gasteiger partial charge in [-0.3, -0.25) is 14.8 Å². The third-order valence-corrected chi connectivity index (χ3v) is 5.52. The van der Waals surface area contributed by atoms with E-state index < -0.39 is 0 Å². The first-order valence-corrected chi connectivity index (χ1v) is 10.0. The molecule has 1 aliphatic rings. The first kappa shape index (κ1) is 18.9. The summed E-state index contributed by atoms with van der Waals surface area (Å²) in [5, 5.41) is 9.58. The van der Waals surface area contributed by atoms with Crippen LogP contribution >= 0.6 is 0 Å². The molecule has 1 atom stereocenters. The van der Waals surface area contributed by atoms with Gasteiger partial charge in [0.2, 0.25) is 0 Å². The number of hydrogen-bond acceptors (Lipinski definition) is 4. The third-order valence-electron chi connectivity index (χ3n) is 5.52. The summed E-state index contributed by atoms with van der Waals surface area (Å²) in [6.07, 6.45) is 6.62. The van der Waals surface area contributed by atoms with Crippen molar-refractivity contribution in [1.82, 2.24) is 19.4 Å². The lowest BCUT2D eigenvalue weighted by Crippen LogP contribution is -2.52. The number of benzene rings is 1. The number of piperazine rings is 1. The van der Waals surface area contributed by atoms with Gasteiger partial charge in [0, 0.05) is 63.5 Å². The number of aliphatic hydroxyl groups is 1. The van der Waals surface area contributed by atoms with E-state index in [-0.39, 0.29) is 6.61 Å². The predicted octanol–water partition coefficient (Wildman–Crippen LogP) is 2.94. The van der Waals surface area contributed by atoms with Crippen LogP contribution in [-0.2, 0) is 13.1 Å². The zero-order chi connectivity index (χ0) is 19.2. The first-order chi connectivity index (χ1) is 13.8. The number of pyridine rings is 1. The van der Waals surface area contributed by atoms with E-state index in [1.54, 1.807) is 6.20 Å². The van der Waals surface area contributed by atoms with E-state index in [0.29, 0.717) is 6.04 Å². The number of hydrogen-bond donors (Lipinski definition) is 1. The van der Waals surface area contributed by atoms with Crippen LogP contribution in [0, 0.1) is 0 Å². The highest BCUT2D eigenvalue weighted by atomic mass is 16.3. The van der Waals surface area contributed by atoms with Gasteiger partial charge in [-0.05, 0) is 36.2 Å². The van der Waals surface area contributed by atoms with Gasteiger partial charge in [-0.25, -0.2) is 0 Å². The Labute approximate surface area is 166 Å². The predicted molar refractivity (Wildman–Crippen MR) is 111 cm³/mol. The molecule has 1 aromatic carbocycles. The van der Waals surface area contributed by atoms with Crippen molar-refractivity contribution in [2.45, 2.75) is 25.6 Å². The second kappa shape index (κ2) is 9.15. The minimum atomic E-state index is 0.232. The zero-order valence-electron chi connectivity index (χ0n) is 16.2. The van der Waals surface area contributed by atoms with Crippen LogP contribution in [0.2, 0.25) is 0 Å². The fraction of sp³-hybridized carbons (Fsp3) is 0.348. The van der Waals surface area contributed by atoms with Gasteiger partial charge in [0.05, 0.1) is 11.9 Å². The van der Waals surface area contributed by atoms with Crippen molar-refractivity contribution in [3.63, 3.8) is 0 Å².